The number of carbonyl (C=O) groups is 1. The molecule has 2 aromatic heterocycles. The second-order valence-corrected chi connectivity index (χ2v) is 7.56. The monoisotopic (exact) mass is 442 g/mol. The maximum Gasteiger partial charge on any atom is 0.246 e. The van der Waals surface area contributed by atoms with Crippen molar-refractivity contribution in [3.8, 4) is 29.4 Å². The molecule has 0 aliphatic carbocycles. The van der Waals surface area contributed by atoms with Gasteiger partial charge in [0.25, 0.3) is 0 Å². The lowest BCUT2D eigenvalue weighted by molar-refractivity contribution is -0.125. The molecule has 0 spiro atoms. The summed E-state index contributed by atoms with van der Waals surface area (Å²) < 4.78 is 22.5. The van der Waals surface area contributed by atoms with Crippen LogP contribution in [0.5, 0.6) is 5.75 Å². The van der Waals surface area contributed by atoms with Crippen molar-refractivity contribution in [1.82, 2.24) is 19.7 Å². The van der Waals surface area contributed by atoms with Crippen LogP contribution in [0.2, 0.25) is 0 Å². The number of pyridine rings is 1. The zero-order valence-corrected chi connectivity index (χ0v) is 18.2. The second-order valence-electron chi connectivity index (χ2n) is 7.56. The third-order valence-electron chi connectivity index (χ3n) is 5.56. The van der Waals surface area contributed by atoms with Crippen LogP contribution in [0, 0.1) is 18.2 Å². The number of carbonyl (C=O) groups excluding carboxylic acids is 1. The fourth-order valence-corrected chi connectivity index (χ4v) is 3.92. The van der Waals surface area contributed by atoms with Crippen LogP contribution < -0.4 is 4.74 Å². The smallest absolute Gasteiger partial charge is 0.246 e. The van der Waals surface area contributed by atoms with Gasteiger partial charge in [-0.2, -0.15) is 5.10 Å². The van der Waals surface area contributed by atoms with Crippen LogP contribution in [0.1, 0.15) is 19.4 Å². The zero-order chi connectivity index (χ0) is 23.4. The van der Waals surface area contributed by atoms with Crippen molar-refractivity contribution >= 4 is 16.8 Å². The van der Waals surface area contributed by atoms with Gasteiger partial charge < -0.3 is 9.64 Å². The number of hydrogen-bond acceptors (Lipinski definition) is 4. The predicted molar refractivity (Wildman–Crippen MR) is 126 cm³/mol. The van der Waals surface area contributed by atoms with E-state index in [0.29, 0.717) is 30.1 Å². The molecule has 0 N–H and O–H groups in total. The van der Waals surface area contributed by atoms with E-state index < -0.39 is 5.82 Å². The van der Waals surface area contributed by atoms with Crippen LogP contribution in [0.4, 0.5) is 4.39 Å². The number of nitrogens with zero attached hydrogens (tertiary/aromatic N) is 4. The molecular weight excluding hydrogens is 419 g/mol. The van der Waals surface area contributed by atoms with Gasteiger partial charge in [-0.05, 0) is 61.9 Å². The quantitative estimate of drug-likeness (QED) is 0.241. The van der Waals surface area contributed by atoms with E-state index in [4.69, 9.17) is 16.3 Å². The molecule has 1 aliphatic heterocycles. The van der Waals surface area contributed by atoms with E-state index in [1.807, 2.05) is 10.7 Å². The lowest BCUT2D eigenvalue weighted by Crippen LogP contribution is -2.27. The number of likely N-dealkylation sites (tertiary alicyclic amines) is 1. The lowest BCUT2D eigenvalue weighted by atomic mass is 10.1. The Bertz CT molecular complexity index is 1320. The minimum Gasteiger partial charge on any atom is -0.455 e. The van der Waals surface area contributed by atoms with Crippen LogP contribution in [0.15, 0.2) is 73.3 Å². The average Bonchev–Trinajstić information content (AvgIpc) is 3.47. The van der Waals surface area contributed by atoms with Gasteiger partial charge in [0.1, 0.15) is 11.5 Å². The highest BCUT2D eigenvalue weighted by Gasteiger charge is 2.29. The molecule has 1 fully saturated rings. The van der Waals surface area contributed by atoms with Crippen LogP contribution >= 0.6 is 0 Å². The lowest BCUT2D eigenvalue weighted by Gasteiger charge is -2.15. The van der Waals surface area contributed by atoms with E-state index in [1.165, 1.54) is 18.2 Å². The zero-order valence-electron chi connectivity index (χ0n) is 18.2. The molecule has 0 radical (unpaired) electrons. The number of hydrogen-bond donors (Lipinski definition) is 0. The van der Waals surface area contributed by atoms with Gasteiger partial charge in [0.15, 0.2) is 11.6 Å². The summed E-state index contributed by atoms with van der Waals surface area (Å²) in [6.07, 6.45) is 15.5. The van der Waals surface area contributed by atoms with E-state index in [1.54, 1.807) is 48.5 Å². The number of terminal acetylenes is 1. The van der Waals surface area contributed by atoms with E-state index in [9.17, 15) is 9.18 Å². The van der Waals surface area contributed by atoms with Gasteiger partial charge in [-0.15, -0.1) is 6.42 Å². The highest BCUT2D eigenvalue weighted by Crippen LogP contribution is 2.34. The molecule has 1 saturated heterocycles. The number of benzene rings is 1. The first-order valence-electron chi connectivity index (χ1n) is 10.6. The Balaban J connectivity index is 1.68. The number of halogens is 1. The first-order chi connectivity index (χ1) is 16.0. The number of aromatic nitrogens is 3. The minimum atomic E-state index is -0.517. The highest BCUT2D eigenvalue weighted by atomic mass is 19.1. The van der Waals surface area contributed by atoms with E-state index in [0.717, 1.165) is 17.3 Å². The number of fused-ring (bicyclic) bond motifs is 1. The van der Waals surface area contributed by atoms with Gasteiger partial charge in [0, 0.05) is 36.4 Å². The first kappa shape index (κ1) is 22.0. The summed E-state index contributed by atoms with van der Waals surface area (Å²) in [6.45, 7) is 6.53. The Hall–Kier alpha value is -4.18. The van der Waals surface area contributed by atoms with Gasteiger partial charge in [-0.1, -0.05) is 12.5 Å². The van der Waals surface area contributed by atoms with Crippen molar-refractivity contribution in [3.63, 3.8) is 0 Å². The van der Waals surface area contributed by atoms with Crippen molar-refractivity contribution in [2.75, 3.05) is 13.1 Å². The Morgan fingerprint density at radius 2 is 2.24 bits per heavy atom. The molecule has 1 aromatic carbocycles. The maximum atomic E-state index is 14.9. The molecule has 3 aromatic rings. The Morgan fingerprint density at radius 3 is 2.97 bits per heavy atom. The SMILES string of the molecule is C#C/C=C\C(=C/C)Oc1ccc(-c2nn([C@@H]3CCN(C(=O)C=C)C3)c3ccncc23)cc1F. The molecule has 0 bridgehead atoms. The topological polar surface area (TPSA) is 60.2 Å². The molecule has 3 heterocycles. The fourth-order valence-electron chi connectivity index (χ4n) is 3.92. The Labute approximate surface area is 191 Å². The van der Waals surface area contributed by atoms with Gasteiger partial charge in [-0.25, -0.2) is 4.39 Å². The fraction of sp³-hybridized carbons (Fsp3) is 0.192. The molecule has 1 aliphatic rings. The molecule has 166 valence electrons. The van der Waals surface area contributed by atoms with Crippen molar-refractivity contribution in [2.45, 2.75) is 19.4 Å². The minimum absolute atomic E-state index is 0.0141. The predicted octanol–water partition coefficient (Wildman–Crippen LogP) is 4.67. The molecular formula is C26H23FN4O2. The number of ether oxygens (including phenoxy) is 1. The van der Waals surface area contributed by atoms with E-state index in [-0.39, 0.29) is 17.7 Å². The van der Waals surface area contributed by atoms with Gasteiger partial charge in [0.05, 0.1) is 11.6 Å². The Morgan fingerprint density at radius 1 is 1.39 bits per heavy atom. The standard InChI is InChI=1S/C26H23FN4O2/c1-4-7-8-20(5-2)33-24-10-9-18(15-22(24)27)26-21-16-28-13-11-23(21)31(29-26)19-12-14-30(17-19)25(32)6-3/h1,5-11,13,15-16,19H,3,12,14,17H2,2H3/b8-7-,20-5+/t19-/m1/s1. The van der Waals surface area contributed by atoms with Gasteiger partial charge in [-0.3, -0.25) is 14.5 Å². The molecule has 6 nitrogen and oxygen atoms in total. The van der Waals surface area contributed by atoms with E-state index >= 15 is 0 Å². The van der Waals surface area contributed by atoms with Crippen LogP contribution in [0.3, 0.4) is 0 Å². The highest BCUT2D eigenvalue weighted by molar-refractivity contribution is 5.93. The van der Waals surface area contributed by atoms with Gasteiger partial charge in [0.2, 0.25) is 5.91 Å². The largest absolute Gasteiger partial charge is 0.455 e. The summed E-state index contributed by atoms with van der Waals surface area (Å²) in [7, 11) is 0. The number of rotatable bonds is 6. The first-order valence-corrected chi connectivity index (χ1v) is 10.6. The van der Waals surface area contributed by atoms with Crippen LogP contribution in [-0.2, 0) is 4.79 Å². The van der Waals surface area contributed by atoms with Gasteiger partial charge >= 0.3 is 0 Å². The normalized spacial score (nSPS) is 16.3. The molecule has 1 amide bonds. The molecule has 7 heteroatoms. The summed E-state index contributed by atoms with van der Waals surface area (Å²) in [5.41, 5.74) is 2.11. The summed E-state index contributed by atoms with van der Waals surface area (Å²) >= 11 is 0. The van der Waals surface area contributed by atoms with Crippen LogP contribution in [-0.4, -0.2) is 38.7 Å². The van der Waals surface area contributed by atoms with Crippen LogP contribution in [0.25, 0.3) is 22.2 Å². The Kier molecular flexibility index (Phi) is 6.36. The molecule has 1 atom stereocenters. The van der Waals surface area contributed by atoms with Crippen molar-refractivity contribution in [3.05, 3.63) is 79.1 Å². The van der Waals surface area contributed by atoms with Crippen molar-refractivity contribution in [2.24, 2.45) is 0 Å². The van der Waals surface area contributed by atoms with E-state index in [2.05, 4.69) is 17.5 Å². The third-order valence-corrected chi connectivity index (χ3v) is 5.56. The van der Waals surface area contributed by atoms with Crippen molar-refractivity contribution in [1.29, 1.82) is 0 Å². The summed E-state index contributed by atoms with van der Waals surface area (Å²) in [5, 5.41) is 5.62. The number of amides is 1. The maximum absolute atomic E-state index is 14.9. The molecule has 0 saturated carbocycles. The summed E-state index contributed by atoms with van der Waals surface area (Å²) in [5.74, 6) is 2.30. The molecule has 4 rings (SSSR count). The summed E-state index contributed by atoms with van der Waals surface area (Å²) in [6, 6.07) is 6.62. The summed E-state index contributed by atoms with van der Waals surface area (Å²) in [4.78, 5) is 18.0. The molecule has 0 unspecified atom stereocenters. The third kappa shape index (κ3) is 4.41. The molecule has 33 heavy (non-hydrogen) atoms. The average molecular weight is 442 g/mol. The number of allylic oxidation sites excluding steroid dienone is 3. The second kappa shape index (κ2) is 9.53. The van der Waals surface area contributed by atoms with Crippen molar-refractivity contribution < 1.29 is 13.9 Å².